The number of hydrogen-bond acceptors (Lipinski definition) is 5. The molecule has 1 N–H and O–H groups in total. The lowest BCUT2D eigenvalue weighted by atomic mass is 10.00. The Morgan fingerprint density at radius 1 is 1.50 bits per heavy atom. The number of nitrogens with zero attached hydrogens (tertiary/aromatic N) is 2. The van der Waals surface area contributed by atoms with Crippen molar-refractivity contribution >= 4 is 11.8 Å². The van der Waals surface area contributed by atoms with Gasteiger partial charge in [0.05, 0.1) is 5.75 Å². The first-order chi connectivity index (χ1) is 7.74. The average Bonchev–Trinajstić information content (AvgIpc) is 2.59. The van der Waals surface area contributed by atoms with Crippen LogP contribution in [0.5, 0.6) is 0 Å². The van der Waals surface area contributed by atoms with Crippen molar-refractivity contribution in [1.82, 2.24) is 15.5 Å². The van der Waals surface area contributed by atoms with E-state index in [0.717, 1.165) is 48.6 Å². The fraction of sp³-hybridized carbons (Fsp3) is 0.818. The first-order valence-electron chi connectivity index (χ1n) is 5.84. The van der Waals surface area contributed by atoms with Gasteiger partial charge >= 0.3 is 0 Å². The van der Waals surface area contributed by atoms with Gasteiger partial charge in [-0.15, -0.1) is 0 Å². The molecular weight excluding hydrogens is 222 g/mol. The summed E-state index contributed by atoms with van der Waals surface area (Å²) in [7, 11) is 0. The zero-order chi connectivity index (χ0) is 11.4. The van der Waals surface area contributed by atoms with Gasteiger partial charge in [-0.25, -0.2) is 0 Å². The van der Waals surface area contributed by atoms with Gasteiger partial charge in [0.2, 0.25) is 5.89 Å². The van der Waals surface area contributed by atoms with Gasteiger partial charge in [0, 0.05) is 6.42 Å². The summed E-state index contributed by atoms with van der Waals surface area (Å²) in [6.45, 7) is 6.61. The molecule has 1 aromatic rings. The molecule has 0 amide bonds. The fourth-order valence-corrected chi connectivity index (χ4v) is 2.45. The molecule has 16 heavy (non-hydrogen) atoms. The van der Waals surface area contributed by atoms with E-state index in [0.29, 0.717) is 5.92 Å². The summed E-state index contributed by atoms with van der Waals surface area (Å²) < 4.78 is 5.23. The Bertz CT molecular complexity index is 323. The molecule has 0 atom stereocenters. The Kier molecular flexibility index (Phi) is 4.23. The minimum Gasteiger partial charge on any atom is -0.339 e. The van der Waals surface area contributed by atoms with E-state index in [2.05, 4.69) is 29.3 Å². The lowest BCUT2D eigenvalue weighted by Gasteiger charge is -2.25. The Hall–Kier alpha value is -0.550. The summed E-state index contributed by atoms with van der Waals surface area (Å²) in [5.41, 5.74) is 0. The summed E-state index contributed by atoms with van der Waals surface area (Å²) in [4.78, 5) is 4.40. The van der Waals surface area contributed by atoms with Gasteiger partial charge in [-0.2, -0.15) is 16.7 Å². The SMILES string of the molecule is CC(C)CSCc1noc(CC2CNC2)n1. The van der Waals surface area contributed by atoms with E-state index in [9.17, 15) is 0 Å². The second kappa shape index (κ2) is 5.68. The van der Waals surface area contributed by atoms with Gasteiger partial charge in [-0.3, -0.25) is 0 Å². The lowest BCUT2D eigenvalue weighted by molar-refractivity contribution is 0.295. The van der Waals surface area contributed by atoms with Crippen LogP contribution in [-0.2, 0) is 12.2 Å². The van der Waals surface area contributed by atoms with Crippen molar-refractivity contribution in [2.24, 2.45) is 11.8 Å². The third kappa shape index (κ3) is 3.49. The van der Waals surface area contributed by atoms with E-state index in [1.54, 1.807) is 0 Å². The third-order valence-corrected chi connectivity index (χ3v) is 3.89. The molecule has 2 rings (SSSR count). The maximum atomic E-state index is 5.23. The van der Waals surface area contributed by atoms with Crippen LogP contribution in [-0.4, -0.2) is 29.0 Å². The zero-order valence-corrected chi connectivity index (χ0v) is 10.7. The molecule has 2 heterocycles. The first kappa shape index (κ1) is 11.9. The van der Waals surface area contributed by atoms with Crippen LogP contribution in [0.3, 0.4) is 0 Å². The number of thioether (sulfide) groups is 1. The van der Waals surface area contributed by atoms with E-state index < -0.39 is 0 Å². The third-order valence-electron chi connectivity index (χ3n) is 2.52. The minimum absolute atomic E-state index is 0.691. The van der Waals surface area contributed by atoms with Crippen LogP contribution in [0.4, 0.5) is 0 Å². The van der Waals surface area contributed by atoms with Crippen molar-refractivity contribution in [1.29, 1.82) is 0 Å². The normalized spacial score (nSPS) is 16.7. The average molecular weight is 241 g/mol. The van der Waals surface area contributed by atoms with Crippen LogP contribution < -0.4 is 5.32 Å². The molecule has 0 unspecified atom stereocenters. The molecule has 1 fully saturated rings. The predicted molar refractivity (Wildman–Crippen MR) is 65.4 cm³/mol. The second-order valence-corrected chi connectivity index (χ2v) is 5.77. The molecule has 1 saturated heterocycles. The van der Waals surface area contributed by atoms with Crippen molar-refractivity contribution in [2.75, 3.05) is 18.8 Å². The van der Waals surface area contributed by atoms with Gasteiger partial charge in [0.1, 0.15) is 0 Å². The van der Waals surface area contributed by atoms with E-state index in [1.807, 2.05) is 11.8 Å². The summed E-state index contributed by atoms with van der Waals surface area (Å²) in [6.07, 6.45) is 0.925. The van der Waals surface area contributed by atoms with E-state index in [-0.39, 0.29) is 0 Å². The molecule has 1 aliphatic heterocycles. The topological polar surface area (TPSA) is 51.0 Å². The van der Waals surface area contributed by atoms with E-state index >= 15 is 0 Å². The summed E-state index contributed by atoms with van der Waals surface area (Å²) >= 11 is 1.87. The second-order valence-electron chi connectivity index (χ2n) is 4.74. The molecule has 0 spiro atoms. The van der Waals surface area contributed by atoms with Gasteiger partial charge in [0.25, 0.3) is 0 Å². The Balaban J connectivity index is 1.73. The monoisotopic (exact) mass is 241 g/mol. The maximum absolute atomic E-state index is 5.23. The predicted octanol–water partition coefficient (Wildman–Crippen LogP) is 1.72. The van der Waals surface area contributed by atoms with E-state index in [1.165, 1.54) is 0 Å². The van der Waals surface area contributed by atoms with Crippen LogP contribution in [0, 0.1) is 11.8 Å². The molecule has 5 heteroatoms. The summed E-state index contributed by atoms with van der Waals surface area (Å²) in [5.74, 6) is 5.06. The molecule has 90 valence electrons. The van der Waals surface area contributed by atoms with Crippen molar-refractivity contribution in [3.8, 4) is 0 Å². The van der Waals surface area contributed by atoms with Crippen LogP contribution in [0.15, 0.2) is 4.52 Å². The number of nitrogens with one attached hydrogen (secondary N) is 1. The van der Waals surface area contributed by atoms with Gasteiger partial charge in [-0.05, 0) is 30.7 Å². The highest BCUT2D eigenvalue weighted by molar-refractivity contribution is 7.98. The van der Waals surface area contributed by atoms with Gasteiger partial charge in [-0.1, -0.05) is 19.0 Å². The van der Waals surface area contributed by atoms with Crippen molar-refractivity contribution in [3.63, 3.8) is 0 Å². The standard InChI is InChI=1S/C11H19N3OS/c1-8(2)6-16-7-10-13-11(15-14-10)3-9-4-12-5-9/h8-9,12H,3-7H2,1-2H3. The maximum Gasteiger partial charge on any atom is 0.227 e. The summed E-state index contributed by atoms with van der Waals surface area (Å²) in [5, 5.41) is 7.24. The molecular formula is C11H19N3OS. The summed E-state index contributed by atoms with van der Waals surface area (Å²) in [6, 6.07) is 0. The first-order valence-corrected chi connectivity index (χ1v) is 6.99. The molecule has 1 aliphatic rings. The van der Waals surface area contributed by atoms with Gasteiger partial charge in [0.15, 0.2) is 5.82 Å². The zero-order valence-electron chi connectivity index (χ0n) is 9.90. The molecule has 0 aromatic carbocycles. The number of aromatic nitrogens is 2. The largest absolute Gasteiger partial charge is 0.339 e. The highest BCUT2D eigenvalue weighted by Crippen LogP contribution is 2.15. The van der Waals surface area contributed by atoms with E-state index in [4.69, 9.17) is 4.52 Å². The fourth-order valence-electron chi connectivity index (χ4n) is 1.56. The van der Waals surface area contributed by atoms with Crippen LogP contribution in [0.1, 0.15) is 25.6 Å². The minimum atomic E-state index is 0.691. The molecule has 0 saturated carbocycles. The lowest BCUT2D eigenvalue weighted by Crippen LogP contribution is -2.43. The Morgan fingerprint density at radius 2 is 2.31 bits per heavy atom. The van der Waals surface area contributed by atoms with Crippen molar-refractivity contribution < 1.29 is 4.52 Å². The Morgan fingerprint density at radius 3 is 2.94 bits per heavy atom. The van der Waals surface area contributed by atoms with Gasteiger partial charge < -0.3 is 9.84 Å². The number of hydrogen-bond donors (Lipinski definition) is 1. The Labute approximate surface area is 101 Å². The van der Waals surface area contributed by atoms with Crippen molar-refractivity contribution in [3.05, 3.63) is 11.7 Å². The van der Waals surface area contributed by atoms with Crippen molar-refractivity contribution in [2.45, 2.75) is 26.0 Å². The molecule has 0 radical (unpaired) electrons. The molecule has 4 nitrogen and oxygen atoms in total. The van der Waals surface area contributed by atoms with Crippen LogP contribution >= 0.6 is 11.8 Å². The highest BCUT2D eigenvalue weighted by Gasteiger charge is 2.20. The highest BCUT2D eigenvalue weighted by atomic mass is 32.2. The number of rotatable bonds is 6. The molecule has 0 aliphatic carbocycles. The smallest absolute Gasteiger partial charge is 0.227 e. The molecule has 0 bridgehead atoms. The molecule has 1 aromatic heterocycles. The van der Waals surface area contributed by atoms with Crippen LogP contribution in [0.25, 0.3) is 0 Å². The van der Waals surface area contributed by atoms with Crippen LogP contribution in [0.2, 0.25) is 0 Å². The quantitative estimate of drug-likeness (QED) is 0.822.